The molecule has 3 heterocycles. The Morgan fingerprint density at radius 3 is 2.49 bits per heavy atom. The first kappa shape index (κ1) is 33.8. The normalized spacial score (nSPS) is 14.4. The molecule has 0 aliphatic carbocycles. The predicted octanol–water partition coefficient (Wildman–Crippen LogP) is 6.03. The number of ether oxygens (including phenoxy) is 2. The smallest absolute Gasteiger partial charge is 0.272 e. The number of benzene rings is 3. The number of H-pyrrole nitrogens is 1. The number of aromatic amines is 1. The number of carbonyl (C=O) groups is 1. The van der Waals surface area contributed by atoms with Crippen molar-refractivity contribution >= 4 is 38.2 Å². The molecule has 0 atom stereocenters. The molecule has 5 aromatic rings. The van der Waals surface area contributed by atoms with Gasteiger partial charge in [0.05, 0.1) is 29.4 Å². The van der Waals surface area contributed by atoms with Gasteiger partial charge >= 0.3 is 0 Å². The lowest BCUT2D eigenvalue weighted by molar-refractivity contribution is 0.0823. The molecule has 1 aliphatic heterocycles. The maximum Gasteiger partial charge on any atom is 0.272 e. The minimum Gasteiger partial charge on any atom is -0.485 e. The number of nitrogens with one attached hydrogen (secondary N) is 2. The molecule has 0 bridgehead atoms. The summed E-state index contributed by atoms with van der Waals surface area (Å²) >= 11 is 0. The van der Waals surface area contributed by atoms with Crippen molar-refractivity contribution in [3.05, 3.63) is 89.2 Å². The number of rotatable bonds is 11. The van der Waals surface area contributed by atoms with Gasteiger partial charge in [-0.2, -0.15) is 5.10 Å². The van der Waals surface area contributed by atoms with E-state index in [0.29, 0.717) is 48.1 Å². The zero-order chi connectivity index (χ0) is 35.0. The number of piperidine rings is 1. The van der Waals surface area contributed by atoms with Gasteiger partial charge in [0.15, 0.2) is 17.4 Å². The van der Waals surface area contributed by atoms with E-state index < -0.39 is 40.5 Å². The minimum atomic E-state index is -3.33. The van der Waals surface area contributed by atoms with E-state index in [1.165, 1.54) is 46.9 Å². The van der Waals surface area contributed by atoms with Gasteiger partial charge in [-0.15, -0.1) is 0 Å². The fourth-order valence-electron chi connectivity index (χ4n) is 5.76. The number of hydrogen-bond donors (Lipinski definition) is 3. The van der Waals surface area contributed by atoms with Crippen LogP contribution < -0.4 is 20.5 Å². The van der Waals surface area contributed by atoms with Crippen LogP contribution in [0.2, 0.25) is 0 Å². The number of sulfonamides is 1. The van der Waals surface area contributed by atoms with Crippen molar-refractivity contribution < 1.29 is 40.2 Å². The highest BCUT2D eigenvalue weighted by atomic mass is 32.2. The topological polar surface area (TPSA) is 145 Å². The molecule has 1 saturated heterocycles. The Hall–Kier alpha value is -5.09. The molecule has 4 N–H and O–H groups in total. The van der Waals surface area contributed by atoms with Crippen LogP contribution in [0.5, 0.6) is 17.2 Å². The second kappa shape index (κ2) is 13.4. The molecule has 0 spiro atoms. The third-order valence-electron chi connectivity index (χ3n) is 8.17. The third-order valence-corrected chi connectivity index (χ3v) is 9.47. The van der Waals surface area contributed by atoms with Gasteiger partial charge in [-0.05, 0) is 61.7 Å². The number of carbonyl (C=O) groups excluding carboxylic acids is 1. The number of nitrogens with zero attached hydrogens (tertiary/aromatic N) is 3. The molecule has 0 amide bonds. The summed E-state index contributed by atoms with van der Waals surface area (Å²) in [7, 11) is -3.33. The van der Waals surface area contributed by atoms with Gasteiger partial charge in [-0.3, -0.25) is 4.79 Å². The highest BCUT2D eigenvalue weighted by Crippen LogP contribution is 2.35. The molecule has 3 aromatic carbocycles. The fraction of sp³-hybridized carbons (Fsp3) is 0.273. The number of alkyl halides is 2. The van der Waals surface area contributed by atoms with Crippen LogP contribution >= 0.6 is 0 Å². The summed E-state index contributed by atoms with van der Waals surface area (Å²) in [5, 5.41) is 7.93. The van der Waals surface area contributed by atoms with Crippen molar-refractivity contribution in [2.45, 2.75) is 32.2 Å². The quantitative estimate of drug-likeness (QED) is 0.112. The summed E-state index contributed by atoms with van der Waals surface area (Å²) in [6.07, 6.45) is 0.598. The van der Waals surface area contributed by atoms with Crippen molar-refractivity contribution in [3.8, 4) is 22.9 Å². The number of nitrogen functional groups attached to an aromatic ring is 1. The number of halogens is 4. The zero-order valence-corrected chi connectivity index (χ0v) is 27.2. The van der Waals surface area contributed by atoms with Crippen LogP contribution in [0.25, 0.3) is 16.6 Å². The van der Waals surface area contributed by atoms with E-state index in [1.807, 2.05) is 0 Å². The molecule has 11 nitrogen and oxygen atoms in total. The molecular formula is C33H32F4N6O5S. The van der Waals surface area contributed by atoms with Crippen LogP contribution in [0.1, 0.15) is 34.5 Å². The van der Waals surface area contributed by atoms with Crippen molar-refractivity contribution in [1.82, 2.24) is 19.1 Å². The molecule has 16 heteroatoms. The van der Waals surface area contributed by atoms with Gasteiger partial charge in [0.25, 0.3) is 6.43 Å². The third kappa shape index (κ3) is 7.19. The number of ketones is 1. The molecule has 258 valence electrons. The fourth-order valence-corrected chi connectivity index (χ4v) is 6.64. The first-order valence-corrected chi connectivity index (χ1v) is 17.0. The number of fused-ring (bicyclic) bond motifs is 1. The van der Waals surface area contributed by atoms with E-state index in [4.69, 9.17) is 15.2 Å². The van der Waals surface area contributed by atoms with Crippen molar-refractivity contribution in [2.24, 2.45) is 0 Å². The minimum absolute atomic E-state index is 0.0257. The predicted molar refractivity (Wildman–Crippen MR) is 175 cm³/mol. The highest BCUT2D eigenvalue weighted by Gasteiger charge is 2.27. The summed E-state index contributed by atoms with van der Waals surface area (Å²) in [5.74, 6) is -1.98. The van der Waals surface area contributed by atoms with Gasteiger partial charge in [0.1, 0.15) is 29.6 Å². The summed E-state index contributed by atoms with van der Waals surface area (Å²) < 4.78 is 92.8. The van der Waals surface area contributed by atoms with Crippen molar-refractivity contribution in [2.75, 3.05) is 37.0 Å². The van der Waals surface area contributed by atoms with Crippen molar-refractivity contribution in [1.29, 1.82) is 0 Å². The van der Waals surface area contributed by atoms with Crippen LogP contribution in [0.3, 0.4) is 0 Å². The summed E-state index contributed by atoms with van der Waals surface area (Å²) in [6, 6.07) is 12.8. The highest BCUT2D eigenvalue weighted by molar-refractivity contribution is 7.88. The molecule has 0 radical (unpaired) electrons. The Kier molecular flexibility index (Phi) is 9.26. The molecule has 49 heavy (non-hydrogen) atoms. The van der Waals surface area contributed by atoms with Gasteiger partial charge in [0.2, 0.25) is 15.8 Å². The van der Waals surface area contributed by atoms with Gasteiger partial charge in [-0.1, -0.05) is 12.1 Å². The SMILES string of the molecule is Cc1cc(Oc2ccccc2F)cc(F)c1-n1ncc(C(=O)c2cc3cc(OCC(F)F)c(NC4CCN(S(C)(=O)=O)CC4)cc3[nH]2)c1N. The summed E-state index contributed by atoms with van der Waals surface area (Å²) in [4.78, 5) is 16.7. The molecule has 6 rings (SSSR count). The summed E-state index contributed by atoms with van der Waals surface area (Å²) in [5.41, 5.74) is 7.60. The van der Waals surface area contributed by atoms with E-state index in [0.717, 1.165) is 17.0 Å². The van der Waals surface area contributed by atoms with E-state index in [1.54, 1.807) is 19.1 Å². The van der Waals surface area contributed by atoms with Crippen LogP contribution in [0.15, 0.2) is 60.8 Å². The van der Waals surface area contributed by atoms with Crippen LogP contribution in [0.4, 0.5) is 29.1 Å². The van der Waals surface area contributed by atoms with E-state index in [2.05, 4.69) is 15.4 Å². The number of anilines is 2. The lowest BCUT2D eigenvalue weighted by atomic mass is 10.1. The average Bonchev–Trinajstić information content (AvgIpc) is 3.63. The molecular weight excluding hydrogens is 668 g/mol. The first-order valence-electron chi connectivity index (χ1n) is 15.2. The molecule has 0 saturated carbocycles. The van der Waals surface area contributed by atoms with Crippen molar-refractivity contribution in [3.63, 3.8) is 0 Å². The monoisotopic (exact) mass is 700 g/mol. The molecule has 1 fully saturated rings. The number of aromatic nitrogens is 3. The Morgan fingerprint density at radius 1 is 1.08 bits per heavy atom. The Bertz CT molecular complexity index is 2120. The second-order valence-corrected chi connectivity index (χ2v) is 13.7. The lowest BCUT2D eigenvalue weighted by Crippen LogP contribution is -2.41. The van der Waals surface area contributed by atoms with Gasteiger partial charge in [-0.25, -0.2) is 35.0 Å². The van der Waals surface area contributed by atoms with Gasteiger partial charge < -0.3 is 25.5 Å². The van der Waals surface area contributed by atoms with E-state index in [9.17, 15) is 26.4 Å². The maximum atomic E-state index is 15.4. The number of aryl methyl sites for hydroxylation is 1. The van der Waals surface area contributed by atoms with E-state index >= 15 is 4.39 Å². The number of para-hydroxylation sites is 1. The van der Waals surface area contributed by atoms with E-state index in [-0.39, 0.29) is 46.1 Å². The Balaban J connectivity index is 1.26. The number of nitrogens with two attached hydrogens (primary N) is 1. The Morgan fingerprint density at radius 2 is 1.82 bits per heavy atom. The van der Waals surface area contributed by atoms with Crippen LogP contribution in [0, 0.1) is 18.6 Å². The molecule has 0 unspecified atom stereocenters. The first-order chi connectivity index (χ1) is 23.3. The zero-order valence-electron chi connectivity index (χ0n) is 26.3. The maximum absolute atomic E-state index is 15.4. The Labute approximate surface area is 278 Å². The average molecular weight is 701 g/mol. The lowest BCUT2D eigenvalue weighted by Gasteiger charge is -2.31. The standard InChI is InChI=1S/C33H32F4N6O5S/c1-18-11-21(48-28-6-4-3-5-23(28)34)14-24(35)31(18)43-33(38)22(16-39-43)32(44)27-12-19-13-29(47-17-30(36)37)26(15-25(19)41-27)40-20-7-9-42(10-8-20)49(2,45)46/h3-6,11-16,20,30,40-41H,7-10,17,38H2,1-2H3. The largest absolute Gasteiger partial charge is 0.485 e. The molecule has 1 aliphatic rings. The summed E-state index contributed by atoms with van der Waals surface area (Å²) in [6.45, 7) is 1.33. The van der Waals surface area contributed by atoms with Crippen LogP contribution in [-0.4, -0.2) is 71.7 Å². The number of hydrogen-bond acceptors (Lipinski definition) is 8. The second-order valence-electron chi connectivity index (χ2n) is 11.7. The molecule has 2 aromatic heterocycles. The van der Waals surface area contributed by atoms with Crippen LogP contribution in [-0.2, 0) is 10.0 Å². The van der Waals surface area contributed by atoms with Gasteiger partial charge in [0, 0.05) is 36.1 Å².